The highest BCUT2D eigenvalue weighted by Crippen LogP contribution is 2.22. The third-order valence-electron chi connectivity index (χ3n) is 3.52. The normalized spacial score (nSPS) is 20.9. The minimum atomic E-state index is 0.124. The van der Waals surface area contributed by atoms with E-state index in [-0.39, 0.29) is 6.04 Å². The molecule has 84 valence electrons. The Balaban J connectivity index is 2.18. The molecule has 1 aliphatic rings. The van der Waals surface area contributed by atoms with Gasteiger partial charge in [0.05, 0.1) is 12.1 Å². The van der Waals surface area contributed by atoms with Crippen molar-refractivity contribution in [3.63, 3.8) is 0 Å². The molecule has 1 unspecified atom stereocenters. The molecule has 16 heavy (non-hydrogen) atoms. The van der Waals surface area contributed by atoms with Gasteiger partial charge < -0.3 is 0 Å². The van der Waals surface area contributed by atoms with Crippen LogP contribution in [0.1, 0.15) is 29.5 Å². The Morgan fingerprint density at radius 2 is 2.06 bits per heavy atom. The van der Waals surface area contributed by atoms with Crippen molar-refractivity contribution >= 4 is 0 Å². The molecule has 1 saturated heterocycles. The van der Waals surface area contributed by atoms with E-state index in [1.54, 1.807) is 0 Å². The number of likely N-dealkylation sites (tertiary alicyclic amines) is 1. The number of nitrogens with zero attached hydrogens (tertiary/aromatic N) is 2. The zero-order valence-corrected chi connectivity index (χ0v) is 10.0. The van der Waals surface area contributed by atoms with Gasteiger partial charge in [0.25, 0.3) is 0 Å². The smallest absolute Gasteiger partial charge is 0.0981 e. The highest BCUT2D eigenvalue weighted by atomic mass is 15.2. The van der Waals surface area contributed by atoms with E-state index >= 15 is 0 Å². The predicted molar refractivity (Wildman–Crippen MR) is 65.0 cm³/mol. The van der Waals surface area contributed by atoms with Crippen LogP contribution in [0.5, 0.6) is 0 Å². The minimum Gasteiger partial charge on any atom is -0.284 e. The molecule has 1 aliphatic heterocycles. The van der Waals surface area contributed by atoms with Crippen molar-refractivity contribution in [1.29, 1.82) is 5.26 Å². The first-order chi connectivity index (χ1) is 7.72. The SMILES string of the molecule is Cc1cccc(C)c1CN1CCCC1C#N. The van der Waals surface area contributed by atoms with Gasteiger partial charge in [-0.2, -0.15) is 5.26 Å². The van der Waals surface area contributed by atoms with Crippen LogP contribution in [0.15, 0.2) is 18.2 Å². The molecular weight excluding hydrogens is 196 g/mol. The first-order valence-corrected chi connectivity index (χ1v) is 5.91. The van der Waals surface area contributed by atoms with E-state index < -0.39 is 0 Å². The van der Waals surface area contributed by atoms with Gasteiger partial charge in [-0.15, -0.1) is 0 Å². The molecular formula is C14H18N2. The molecule has 1 heterocycles. The monoisotopic (exact) mass is 214 g/mol. The highest BCUT2D eigenvalue weighted by Gasteiger charge is 2.24. The van der Waals surface area contributed by atoms with Crippen molar-refractivity contribution in [3.05, 3.63) is 34.9 Å². The Kier molecular flexibility index (Phi) is 3.26. The third-order valence-corrected chi connectivity index (χ3v) is 3.52. The molecule has 1 aromatic carbocycles. The van der Waals surface area contributed by atoms with Gasteiger partial charge in [-0.3, -0.25) is 4.90 Å². The molecule has 0 N–H and O–H groups in total. The molecule has 0 amide bonds. The molecule has 1 atom stereocenters. The summed E-state index contributed by atoms with van der Waals surface area (Å²) in [6.07, 6.45) is 2.19. The standard InChI is InChI=1S/C14H18N2/c1-11-5-3-6-12(2)14(11)10-16-8-4-7-13(16)9-15/h3,5-6,13H,4,7-8,10H2,1-2H3. The highest BCUT2D eigenvalue weighted by molar-refractivity contribution is 5.33. The van der Waals surface area contributed by atoms with Gasteiger partial charge in [0.2, 0.25) is 0 Å². The van der Waals surface area contributed by atoms with Gasteiger partial charge >= 0.3 is 0 Å². The second kappa shape index (κ2) is 4.67. The van der Waals surface area contributed by atoms with Crippen LogP contribution in [0.2, 0.25) is 0 Å². The van der Waals surface area contributed by atoms with E-state index in [9.17, 15) is 0 Å². The molecule has 0 aromatic heterocycles. The van der Waals surface area contributed by atoms with Gasteiger partial charge in [-0.25, -0.2) is 0 Å². The van der Waals surface area contributed by atoms with Crippen LogP contribution in [-0.2, 0) is 6.54 Å². The Bertz CT molecular complexity index is 397. The molecule has 2 nitrogen and oxygen atoms in total. The molecule has 1 fully saturated rings. The fraction of sp³-hybridized carbons (Fsp3) is 0.500. The maximum absolute atomic E-state index is 9.06. The van der Waals surface area contributed by atoms with Gasteiger partial charge in [0, 0.05) is 6.54 Å². The molecule has 0 saturated carbocycles. The number of rotatable bonds is 2. The molecule has 2 heteroatoms. The lowest BCUT2D eigenvalue weighted by atomic mass is 10.0. The summed E-state index contributed by atoms with van der Waals surface area (Å²) in [6.45, 7) is 6.29. The van der Waals surface area contributed by atoms with Gasteiger partial charge in [-0.05, 0) is 49.9 Å². The maximum Gasteiger partial charge on any atom is 0.0981 e. The van der Waals surface area contributed by atoms with Crippen LogP contribution in [0, 0.1) is 25.2 Å². The Labute approximate surface area is 97.5 Å². The molecule has 0 bridgehead atoms. The lowest BCUT2D eigenvalue weighted by Gasteiger charge is -2.21. The third kappa shape index (κ3) is 2.10. The fourth-order valence-electron chi connectivity index (χ4n) is 2.46. The van der Waals surface area contributed by atoms with Crippen LogP contribution in [0.25, 0.3) is 0 Å². The zero-order valence-electron chi connectivity index (χ0n) is 10.0. The number of benzene rings is 1. The number of hydrogen-bond acceptors (Lipinski definition) is 2. The Morgan fingerprint density at radius 3 is 2.69 bits per heavy atom. The molecule has 0 spiro atoms. The van der Waals surface area contributed by atoms with Crippen molar-refractivity contribution < 1.29 is 0 Å². The van der Waals surface area contributed by atoms with E-state index in [2.05, 4.69) is 43.0 Å². The summed E-state index contributed by atoms with van der Waals surface area (Å²) in [4.78, 5) is 2.30. The predicted octanol–water partition coefficient (Wildman–Crippen LogP) is 2.79. The van der Waals surface area contributed by atoms with E-state index in [0.29, 0.717) is 0 Å². The Morgan fingerprint density at radius 1 is 1.38 bits per heavy atom. The second-order valence-electron chi connectivity index (χ2n) is 4.63. The summed E-state index contributed by atoms with van der Waals surface area (Å²) in [6, 6.07) is 8.93. The van der Waals surface area contributed by atoms with Crippen LogP contribution < -0.4 is 0 Å². The molecule has 2 rings (SSSR count). The van der Waals surface area contributed by atoms with E-state index in [1.807, 2.05) is 0 Å². The number of aryl methyl sites for hydroxylation is 2. The van der Waals surface area contributed by atoms with Crippen LogP contribution in [0.3, 0.4) is 0 Å². The lowest BCUT2D eigenvalue weighted by Crippen LogP contribution is -2.28. The van der Waals surface area contributed by atoms with Gasteiger partial charge in [0.1, 0.15) is 0 Å². The topological polar surface area (TPSA) is 27.0 Å². The van der Waals surface area contributed by atoms with Crippen LogP contribution in [-0.4, -0.2) is 17.5 Å². The van der Waals surface area contributed by atoms with E-state index in [0.717, 1.165) is 25.9 Å². The minimum absolute atomic E-state index is 0.124. The van der Waals surface area contributed by atoms with E-state index in [1.165, 1.54) is 16.7 Å². The summed E-state index contributed by atoms with van der Waals surface area (Å²) in [5.74, 6) is 0. The van der Waals surface area contributed by atoms with Crippen molar-refractivity contribution in [2.24, 2.45) is 0 Å². The lowest BCUT2D eigenvalue weighted by molar-refractivity contribution is 0.285. The molecule has 0 radical (unpaired) electrons. The fourth-order valence-corrected chi connectivity index (χ4v) is 2.46. The maximum atomic E-state index is 9.06. The average molecular weight is 214 g/mol. The van der Waals surface area contributed by atoms with Gasteiger partial charge in [0.15, 0.2) is 0 Å². The van der Waals surface area contributed by atoms with Crippen LogP contribution in [0.4, 0.5) is 0 Å². The summed E-state index contributed by atoms with van der Waals surface area (Å²) in [7, 11) is 0. The quantitative estimate of drug-likeness (QED) is 0.757. The first-order valence-electron chi connectivity index (χ1n) is 5.91. The summed E-state index contributed by atoms with van der Waals surface area (Å²) >= 11 is 0. The van der Waals surface area contributed by atoms with Crippen LogP contribution >= 0.6 is 0 Å². The van der Waals surface area contributed by atoms with Crippen molar-refractivity contribution in [3.8, 4) is 6.07 Å². The first kappa shape index (κ1) is 11.2. The van der Waals surface area contributed by atoms with Crippen molar-refractivity contribution in [1.82, 2.24) is 4.90 Å². The van der Waals surface area contributed by atoms with Crippen molar-refractivity contribution in [2.45, 2.75) is 39.3 Å². The zero-order chi connectivity index (χ0) is 11.5. The second-order valence-corrected chi connectivity index (χ2v) is 4.63. The van der Waals surface area contributed by atoms with E-state index in [4.69, 9.17) is 5.26 Å². The van der Waals surface area contributed by atoms with Crippen molar-refractivity contribution in [2.75, 3.05) is 6.54 Å². The summed E-state index contributed by atoms with van der Waals surface area (Å²) < 4.78 is 0. The largest absolute Gasteiger partial charge is 0.284 e. The molecule has 0 aliphatic carbocycles. The van der Waals surface area contributed by atoms with Gasteiger partial charge in [-0.1, -0.05) is 18.2 Å². The summed E-state index contributed by atoms with van der Waals surface area (Å²) in [5.41, 5.74) is 4.07. The average Bonchev–Trinajstić information content (AvgIpc) is 2.71. The number of nitriles is 1. The molecule has 1 aromatic rings. The Hall–Kier alpha value is -1.33. The number of hydrogen-bond donors (Lipinski definition) is 0. The summed E-state index contributed by atoms with van der Waals surface area (Å²) in [5, 5.41) is 9.06.